The summed E-state index contributed by atoms with van der Waals surface area (Å²) in [5, 5.41) is 2.04. The Hall–Kier alpha value is -3.25. The van der Waals surface area contributed by atoms with Gasteiger partial charge < -0.3 is 15.5 Å². The molecule has 1 aliphatic heterocycles. The third kappa shape index (κ3) is 4.75. The van der Waals surface area contributed by atoms with E-state index in [-0.39, 0.29) is 29.8 Å². The minimum Gasteiger partial charge on any atom is -0.398 e. The van der Waals surface area contributed by atoms with E-state index in [9.17, 15) is 18.0 Å². The zero-order chi connectivity index (χ0) is 26.5. The van der Waals surface area contributed by atoms with Gasteiger partial charge in [0, 0.05) is 54.2 Å². The number of anilines is 1. The molecule has 192 valence electrons. The number of nitrogens with zero attached hydrogens (tertiary/aromatic N) is 4. The van der Waals surface area contributed by atoms with Gasteiger partial charge in [-0.3, -0.25) is 14.6 Å². The second kappa shape index (κ2) is 9.56. The summed E-state index contributed by atoms with van der Waals surface area (Å²) in [7, 11) is -0.865. The number of pyridine rings is 1. The van der Waals surface area contributed by atoms with Gasteiger partial charge in [0.1, 0.15) is 10.3 Å². The number of halogens is 1. The smallest absolute Gasteiger partial charge is 0.253 e. The average Bonchev–Trinajstić information content (AvgIpc) is 3.29. The molecule has 0 aliphatic carbocycles. The molecule has 2 N–H and O–H groups in total. The van der Waals surface area contributed by atoms with Gasteiger partial charge in [-0.15, -0.1) is 11.3 Å². The molecule has 0 radical (unpaired) electrons. The highest BCUT2D eigenvalue weighted by Gasteiger charge is 2.42. The van der Waals surface area contributed by atoms with E-state index in [2.05, 4.69) is 4.98 Å². The fourth-order valence-corrected chi connectivity index (χ4v) is 7.63. The van der Waals surface area contributed by atoms with E-state index in [1.54, 1.807) is 50.6 Å². The lowest BCUT2D eigenvalue weighted by Crippen LogP contribution is -2.61. The van der Waals surface area contributed by atoms with Gasteiger partial charge in [0.2, 0.25) is 11.8 Å². The van der Waals surface area contributed by atoms with Crippen LogP contribution in [0, 0.1) is 0 Å². The van der Waals surface area contributed by atoms with Gasteiger partial charge in [-0.05, 0) is 41.3 Å². The molecule has 0 saturated carbocycles. The van der Waals surface area contributed by atoms with Gasteiger partial charge in [0.05, 0.1) is 12.1 Å². The molecule has 3 heterocycles. The van der Waals surface area contributed by atoms with Crippen molar-refractivity contribution in [2.45, 2.75) is 16.8 Å². The Morgan fingerprint density at radius 2 is 1.97 bits per heavy atom. The Morgan fingerprint density at radius 1 is 1.19 bits per heavy atom. The lowest BCUT2D eigenvalue weighted by Gasteiger charge is -2.40. The number of carbonyl (C=O) groups is 2. The number of fused-ring (bicyclic) bond motifs is 2. The third-order valence-electron chi connectivity index (χ3n) is 6.36. The Labute approximate surface area is 223 Å². The van der Waals surface area contributed by atoms with Gasteiger partial charge in [-0.25, -0.2) is 8.42 Å². The van der Waals surface area contributed by atoms with Crippen LogP contribution in [0.5, 0.6) is 0 Å². The number of thiophene rings is 1. The summed E-state index contributed by atoms with van der Waals surface area (Å²) in [5.41, 5.74) is 8.04. The normalized spacial score (nSPS) is 17.0. The molecule has 1 saturated heterocycles. The highest BCUT2D eigenvalue weighted by atomic mass is 35.5. The number of nitrogens with two attached hydrogens (primary N) is 1. The van der Waals surface area contributed by atoms with Gasteiger partial charge in [-0.1, -0.05) is 29.8 Å². The first-order chi connectivity index (χ1) is 17.5. The zero-order valence-corrected chi connectivity index (χ0v) is 22.5. The summed E-state index contributed by atoms with van der Waals surface area (Å²) in [6, 6.07) is 12.9. The number of benzene rings is 2. The molecule has 1 fully saturated rings. The Kier molecular flexibility index (Phi) is 6.57. The minimum absolute atomic E-state index is 0.0975. The molecule has 0 spiro atoms. The highest BCUT2D eigenvalue weighted by molar-refractivity contribution is 7.91. The van der Waals surface area contributed by atoms with Crippen molar-refractivity contribution in [3.8, 4) is 0 Å². The van der Waals surface area contributed by atoms with Crippen molar-refractivity contribution in [1.29, 1.82) is 0 Å². The molecule has 9 nitrogen and oxygen atoms in total. The van der Waals surface area contributed by atoms with Gasteiger partial charge in [-0.2, -0.15) is 4.31 Å². The molecule has 0 bridgehead atoms. The fourth-order valence-electron chi connectivity index (χ4n) is 4.41. The quantitative estimate of drug-likeness (QED) is 0.403. The number of sulfonamides is 1. The van der Waals surface area contributed by atoms with E-state index >= 15 is 0 Å². The van der Waals surface area contributed by atoms with Crippen molar-refractivity contribution >= 4 is 71.5 Å². The van der Waals surface area contributed by atoms with Crippen LogP contribution in [0.2, 0.25) is 5.02 Å². The van der Waals surface area contributed by atoms with Gasteiger partial charge in [0.25, 0.3) is 10.0 Å². The van der Waals surface area contributed by atoms with Crippen LogP contribution in [0.25, 0.3) is 21.0 Å². The van der Waals surface area contributed by atoms with Crippen molar-refractivity contribution in [3.05, 3.63) is 65.3 Å². The highest BCUT2D eigenvalue weighted by Crippen LogP contribution is 2.34. The SMILES string of the molecule is CN(C)C(=O)C1CN(S(=O)(=O)c2cc3ccc(Cl)cc3s2)CC(=O)N1Cc1ccc2c(N)ccnc2c1. The maximum Gasteiger partial charge on any atom is 0.253 e. The van der Waals surface area contributed by atoms with Crippen LogP contribution >= 0.6 is 22.9 Å². The van der Waals surface area contributed by atoms with Crippen molar-refractivity contribution in [2.75, 3.05) is 32.9 Å². The van der Waals surface area contributed by atoms with Crippen LogP contribution in [0.3, 0.4) is 0 Å². The Morgan fingerprint density at radius 3 is 2.73 bits per heavy atom. The number of amides is 2. The molecular weight excluding hydrogens is 534 g/mol. The number of hydrogen-bond acceptors (Lipinski definition) is 7. The summed E-state index contributed by atoms with van der Waals surface area (Å²) >= 11 is 7.14. The van der Waals surface area contributed by atoms with E-state index in [1.165, 1.54) is 9.80 Å². The van der Waals surface area contributed by atoms with Gasteiger partial charge >= 0.3 is 0 Å². The van der Waals surface area contributed by atoms with Crippen LogP contribution in [-0.2, 0) is 26.2 Å². The molecule has 1 atom stereocenters. The fraction of sp³-hybridized carbons (Fsp3) is 0.240. The minimum atomic E-state index is -4.03. The van der Waals surface area contributed by atoms with E-state index < -0.39 is 22.0 Å². The van der Waals surface area contributed by atoms with Gasteiger partial charge in [0.15, 0.2) is 0 Å². The number of rotatable bonds is 5. The molecule has 2 aromatic carbocycles. The summed E-state index contributed by atoms with van der Waals surface area (Å²) in [6.07, 6.45) is 1.61. The average molecular weight is 558 g/mol. The van der Waals surface area contributed by atoms with Crippen molar-refractivity contribution < 1.29 is 18.0 Å². The van der Waals surface area contributed by atoms with Crippen molar-refractivity contribution in [2.24, 2.45) is 0 Å². The summed E-state index contributed by atoms with van der Waals surface area (Å²) in [4.78, 5) is 33.7. The molecule has 2 amide bonds. The van der Waals surface area contributed by atoms with Crippen molar-refractivity contribution in [3.63, 3.8) is 0 Å². The van der Waals surface area contributed by atoms with E-state index in [0.717, 1.165) is 36.7 Å². The molecule has 5 rings (SSSR count). The summed E-state index contributed by atoms with van der Waals surface area (Å²) in [6.45, 7) is -0.392. The largest absolute Gasteiger partial charge is 0.398 e. The molecule has 1 aliphatic rings. The number of carbonyl (C=O) groups excluding carboxylic acids is 2. The first-order valence-corrected chi connectivity index (χ1v) is 14.0. The molecule has 4 aromatic rings. The number of likely N-dealkylation sites (N-methyl/N-ethyl adjacent to an activating group) is 1. The van der Waals surface area contributed by atoms with Crippen LogP contribution in [0.4, 0.5) is 5.69 Å². The molecule has 12 heteroatoms. The molecular formula is C25H24ClN5O4S2. The van der Waals surface area contributed by atoms with Crippen LogP contribution < -0.4 is 5.73 Å². The number of nitrogen functional groups attached to an aromatic ring is 1. The summed E-state index contributed by atoms with van der Waals surface area (Å²) < 4.78 is 29.0. The van der Waals surface area contributed by atoms with E-state index in [0.29, 0.717) is 16.2 Å². The topological polar surface area (TPSA) is 117 Å². The first kappa shape index (κ1) is 25.4. The van der Waals surface area contributed by atoms with Crippen LogP contribution in [0.15, 0.2) is 58.9 Å². The molecule has 37 heavy (non-hydrogen) atoms. The second-order valence-corrected chi connectivity index (χ2v) is 12.8. The van der Waals surface area contributed by atoms with Crippen LogP contribution in [-0.4, -0.2) is 72.5 Å². The predicted molar refractivity (Wildman–Crippen MR) is 145 cm³/mol. The third-order valence-corrected chi connectivity index (χ3v) is 9.95. The maximum absolute atomic E-state index is 13.6. The number of aromatic nitrogens is 1. The second-order valence-electron chi connectivity index (χ2n) is 9.07. The number of hydrogen-bond donors (Lipinski definition) is 1. The van der Waals surface area contributed by atoms with Crippen LogP contribution in [0.1, 0.15) is 5.56 Å². The number of piperazine rings is 1. The maximum atomic E-state index is 13.6. The van der Waals surface area contributed by atoms with E-state index in [4.69, 9.17) is 17.3 Å². The van der Waals surface area contributed by atoms with Crippen molar-refractivity contribution in [1.82, 2.24) is 19.1 Å². The monoisotopic (exact) mass is 557 g/mol. The predicted octanol–water partition coefficient (Wildman–Crippen LogP) is 3.18. The molecule has 1 unspecified atom stereocenters. The standard InChI is InChI=1S/C25H24ClN5O4S2/c1-29(2)25(33)21-13-30(37(34,35)24-10-16-4-5-17(26)11-22(16)36-24)14-23(32)31(21)12-15-3-6-18-19(27)7-8-28-20(18)9-15/h3-11,21H,12-14H2,1-2H3,(H2,27,28). The lowest BCUT2D eigenvalue weighted by molar-refractivity contribution is -0.149. The Bertz CT molecular complexity index is 1650. The summed E-state index contributed by atoms with van der Waals surface area (Å²) in [5.74, 6) is -0.820. The van der Waals surface area contributed by atoms with E-state index in [1.807, 2.05) is 18.2 Å². The Balaban J connectivity index is 1.46. The lowest BCUT2D eigenvalue weighted by atomic mass is 10.1. The zero-order valence-electron chi connectivity index (χ0n) is 20.1. The molecule has 2 aromatic heterocycles. The first-order valence-electron chi connectivity index (χ1n) is 11.4.